The van der Waals surface area contributed by atoms with Crippen molar-refractivity contribution in [1.29, 1.82) is 0 Å². The second-order valence-electron chi connectivity index (χ2n) is 4.90. The van der Waals surface area contributed by atoms with Gasteiger partial charge in [0.05, 0.1) is 0 Å². The van der Waals surface area contributed by atoms with Crippen LogP contribution in [0, 0.1) is 19.7 Å². The van der Waals surface area contributed by atoms with Crippen molar-refractivity contribution in [3.8, 4) is 0 Å². The van der Waals surface area contributed by atoms with Crippen LogP contribution in [0.5, 0.6) is 0 Å². The molecule has 0 aliphatic heterocycles. The number of benzene rings is 2. The van der Waals surface area contributed by atoms with Crippen LogP contribution in [0.25, 0.3) is 10.1 Å². The van der Waals surface area contributed by atoms with Gasteiger partial charge in [-0.25, -0.2) is 4.39 Å². The average molecular weight is 284 g/mol. The molecule has 0 radical (unpaired) electrons. The van der Waals surface area contributed by atoms with Gasteiger partial charge in [0.1, 0.15) is 5.82 Å². The molecule has 1 heterocycles. The Labute approximate surface area is 120 Å². The quantitative estimate of drug-likeness (QED) is 0.612. The molecule has 0 amide bonds. The predicted molar refractivity (Wildman–Crippen MR) is 81.1 cm³/mol. The largest absolute Gasteiger partial charge is 0.289 e. The first-order valence-electron chi connectivity index (χ1n) is 6.35. The lowest BCUT2D eigenvalue weighted by molar-refractivity contribution is 0.104. The minimum Gasteiger partial charge on any atom is -0.289 e. The van der Waals surface area contributed by atoms with Crippen molar-refractivity contribution in [3.63, 3.8) is 0 Å². The molecule has 0 saturated carbocycles. The van der Waals surface area contributed by atoms with E-state index in [1.165, 1.54) is 0 Å². The number of ketones is 1. The maximum atomic E-state index is 13.7. The van der Waals surface area contributed by atoms with Crippen LogP contribution in [-0.4, -0.2) is 5.78 Å². The smallest absolute Gasteiger partial charge is 0.194 e. The van der Waals surface area contributed by atoms with Gasteiger partial charge in [0.25, 0.3) is 0 Å². The number of hydrogen-bond donors (Lipinski definition) is 0. The molecular weight excluding hydrogens is 271 g/mol. The van der Waals surface area contributed by atoms with Crippen molar-refractivity contribution in [2.75, 3.05) is 0 Å². The fourth-order valence-electron chi connectivity index (χ4n) is 2.39. The Bertz CT molecular complexity index is 794. The van der Waals surface area contributed by atoms with Crippen molar-refractivity contribution in [1.82, 2.24) is 0 Å². The first-order valence-corrected chi connectivity index (χ1v) is 7.23. The van der Waals surface area contributed by atoms with Gasteiger partial charge in [0.15, 0.2) is 5.78 Å². The van der Waals surface area contributed by atoms with E-state index in [0.717, 1.165) is 10.1 Å². The van der Waals surface area contributed by atoms with E-state index in [0.29, 0.717) is 22.3 Å². The highest BCUT2D eigenvalue weighted by Gasteiger charge is 2.16. The molecule has 0 unspecified atom stereocenters. The highest BCUT2D eigenvalue weighted by atomic mass is 32.1. The van der Waals surface area contributed by atoms with E-state index in [1.807, 2.05) is 29.6 Å². The van der Waals surface area contributed by atoms with E-state index >= 15 is 0 Å². The number of carbonyl (C=O) groups is 1. The molecule has 0 N–H and O–H groups in total. The van der Waals surface area contributed by atoms with Crippen LogP contribution < -0.4 is 0 Å². The molecule has 0 atom stereocenters. The fourth-order valence-corrected chi connectivity index (χ4v) is 3.33. The summed E-state index contributed by atoms with van der Waals surface area (Å²) in [5.41, 5.74) is 2.25. The lowest BCUT2D eigenvalue weighted by Crippen LogP contribution is -2.03. The van der Waals surface area contributed by atoms with Gasteiger partial charge in [-0.05, 0) is 43.2 Å². The van der Waals surface area contributed by atoms with Crippen LogP contribution in [0.4, 0.5) is 4.39 Å². The molecule has 2 aromatic carbocycles. The van der Waals surface area contributed by atoms with E-state index in [1.54, 1.807) is 37.3 Å². The monoisotopic (exact) mass is 284 g/mol. The van der Waals surface area contributed by atoms with Gasteiger partial charge in [0.2, 0.25) is 0 Å². The highest BCUT2D eigenvalue weighted by Crippen LogP contribution is 2.28. The van der Waals surface area contributed by atoms with E-state index < -0.39 is 0 Å². The SMILES string of the molecule is Cc1cc(C(=O)c2csc3ccccc23)cc(C)c1F. The van der Waals surface area contributed by atoms with Gasteiger partial charge in [0, 0.05) is 26.6 Å². The van der Waals surface area contributed by atoms with Crippen molar-refractivity contribution in [3.05, 3.63) is 69.8 Å². The third-order valence-corrected chi connectivity index (χ3v) is 4.39. The Kier molecular flexibility index (Phi) is 3.14. The van der Waals surface area contributed by atoms with Crippen molar-refractivity contribution in [2.24, 2.45) is 0 Å². The molecule has 1 nitrogen and oxygen atoms in total. The molecular formula is C17H13FOS. The molecule has 0 aliphatic carbocycles. The molecule has 0 saturated heterocycles. The Hall–Kier alpha value is -2.00. The zero-order valence-electron chi connectivity index (χ0n) is 11.2. The molecule has 0 spiro atoms. The Morgan fingerprint density at radius 2 is 1.75 bits per heavy atom. The Balaban J connectivity index is 2.13. The van der Waals surface area contributed by atoms with Crippen LogP contribution in [-0.2, 0) is 0 Å². The summed E-state index contributed by atoms with van der Waals surface area (Å²) in [5.74, 6) is -0.287. The molecule has 0 fully saturated rings. The van der Waals surface area contributed by atoms with Gasteiger partial charge < -0.3 is 0 Å². The number of thiophene rings is 1. The number of halogens is 1. The molecule has 100 valence electrons. The van der Waals surface area contributed by atoms with E-state index in [-0.39, 0.29) is 11.6 Å². The van der Waals surface area contributed by atoms with Crippen LogP contribution in [0.15, 0.2) is 41.8 Å². The lowest BCUT2D eigenvalue weighted by Gasteiger charge is -2.05. The highest BCUT2D eigenvalue weighted by molar-refractivity contribution is 7.17. The summed E-state index contributed by atoms with van der Waals surface area (Å²) in [4.78, 5) is 12.6. The Morgan fingerprint density at radius 3 is 2.45 bits per heavy atom. The number of hydrogen-bond acceptors (Lipinski definition) is 2. The van der Waals surface area contributed by atoms with Crippen molar-refractivity contribution < 1.29 is 9.18 Å². The summed E-state index contributed by atoms with van der Waals surface area (Å²) < 4.78 is 14.7. The summed E-state index contributed by atoms with van der Waals surface area (Å²) in [6, 6.07) is 11.1. The summed E-state index contributed by atoms with van der Waals surface area (Å²) in [5, 5.41) is 2.84. The standard InChI is InChI=1S/C17H13FOS/c1-10-7-12(8-11(2)16(10)18)17(19)14-9-20-15-6-4-3-5-13(14)15/h3-9H,1-2H3. The zero-order chi connectivity index (χ0) is 14.3. The normalized spacial score (nSPS) is 10.9. The molecule has 0 bridgehead atoms. The van der Waals surface area contributed by atoms with Crippen LogP contribution in [0.2, 0.25) is 0 Å². The minimum absolute atomic E-state index is 0.0475. The molecule has 20 heavy (non-hydrogen) atoms. The maximum Gasteiger partial charge on any atom is 0.194 e. The number of carbonyl (C=O) groups excluding carboxylic acids is 1. The first-order chi connectivity index (χ1) is 9.58. The summed E-state index contributed by atoms with van der Waals surface area (Å²) in [7, 11) is 0. The topological polar surface area (TPSA) is 17.1 Å². The first kappa shape index (κ1) is 13.0. The van der Waals surface area contributed by atoms with E-state index in [4.69, 9.17) is 0 Å². The van der Waals surface area contributed by atoms with Gasteiger partial charge >= 0.3 is 0 Å². The molecule has 3 aromatic rings. The minimum atomic E-state index is -0.239. The third kappa shape index (κ3) is 2.04. The number of aryl methyl sites for hydroxylation is 2. The second kappa shape index (κ2) is 4.84. The molecule has 3 rings (SSSR count). The van der Waals surface area contributed by atoms with Crippen LogP contribution in [0.3, 0.4) is 0 Å². The fraction of sp³-hybridized carbons (Fsp3) is 0.118. The van der Waals surface area contributed by atoms with Crippen molar-refractivity contribution >= 4 is 27.2 Å². The predicted octanol–water partition coefficient (Wildman–Crippen LogP) is 4.89. The zero-order valence-corrected chi connectivity index (χ0v) is 12.1. The maximum absolute atomic E-state index is 13.7. The molecule has 1 aromatic heterocycles. The summed E-state index contributed by atoms with van der Waals surface area (Å²) in [6.45, 7) is 3.37. The molecule has 0 aliphatic rings. The van der Waals surface area contributed by atoms with Crippen LogP contribution >= 0.6 is 11.3 Å². The average Bonchev–Trinajstić information content (AvgIpc) is 2.87. The van der Waals surface area contributed by atoms with Gasteiger partial charge in [-0.2, -0.15) is 0 Å². The lowest BCUT2D eigenvalue weighted by atomic mass is 9.98. The third-order valence-electron chi connectivity index (χ3n) is 3.42. The summed E-state index contributed by atoms with van der Waals surface area (Å²) in [6.07, 6.45) is 0. The number of fused-ring (bicyclic) bond motifs is 1. The van der Waals surface area contributed by atoms with Gasteiger partial charge in [-0.15, -0.1) is 11.3 Å². The van der Waals surface area contributed by atoms with E-state index in [9.17, 15) is 9.18 Å². The number of rotatable bonds is 2. The second-order valence-corrected chi connectivity index (χ2v) is 5.81. The van der Waals surface area contributed by atoms with Gasteiger partial charge in [-0.1, -0.05) is 18.2 Å². The van der Waals surface area contributed by atoms with Crippen molar-refractivity contribution in [2.45, 2.75) is 13.8 Å². The van der Waals surface area contributed by atoms with Gasteiger partial charge in [-0.3, -0.25) is 4.79 Å². The van der Waals surface area contributed by atoms with Crippen LogP contribution in [0.1, 0.15) is 27.0 Å². The summed E-state index contributed by atoms with van der Waals surface area (Å²) >= 11 is 1.55. The Morgan fingerprint density at radius 1 is 1.10 bits per heavy atom. The molecule has 3 heteroatoms. The van der Waals surface area contributed by atoms with E-state index in [2.05, 4.69) is 0 Å².